The molecule has 250 valence electrons. The summed E-state index contributed by atoms with van der Waals surface area (Å²) in [6, 6.07) is 59.6. The van der Waals surface area contributed by atoms with Gasteiger partial charge in [0.2, 0.25) is 0 Å². The van der Waals surface area contributed by atoms with Crippen molar-refractivity contribution in [3.63, 3.8) is 0 Å². The number of hydrogen-bond acceptors (Lipinski definition) is 4. The number of fused-ring (bicyclic) bond motifs is 5. The largest absolute Gasteiger partial charge is 0.244 e. The van der Waals surface area contributed by atoms with E-state index in [-0.39, 0.29) is 5.41 Å². The van der Waals surface area contributed by atoms with Crippen molar-refractivity contribution in [2.75, 3.05) is 0 Å². The van der Waals surface area contributed by atoms with Crippen LogP contribution in [0.4, 0.5) is 0 Å². The summed E-state index contributed by atoms with van der Waals surface area (Å²) in [7, 11) is 0. The number of hydrogen-bond donors (Lipinski definition) is 0. The highest BCUT2D eigenvalue weighted by Crippen LogP contribution is 2.51. The minimum Gasteiger partial charge on any atom is -0.244 e. The fourth-order valence-electron chi connectivity index (χ4n) is 8.07. The minimum absolute atomic E-state index is 0.150. The lowest BCUT2D eigenvalue weighted by Crippen LogP contribution is -2.14. The van der Waals surface area contributed by atoms with Crippen LogP contribution in [0.2, 0.25) is 0 Å². The van der Waals surface area contributed by atoms with E-state index < -0.39 is 0 Å². The van der Waals surface area contributed by atoms with Crippen molar-refractivity contribution in [3.05, 3.63) is 181 Å². The molecule has 0 radical (unpaired) electrons. The van der Waals surface area contributed by atoms with E-state index in [4.69, 9.17) is 19.9 Å². The summed E-state index contributed by atoms with van der Waals surface area (Å²) < 4.78 is 0. The summed E-state index contributed by atoms with van der Waals surface area (Å²) >= 11 is 0. The maximum atomic E-state index is 5.41. The molecule has 0 saturated heterocycles. The molecule has 0 amide bonds. The number of pyridine rings is 1. The molecule has 53 heavy (non-hydrogen) atoms. The molecule has 4 heteroatoms. The van der Waals surface area contributed by atoms with Crippen LogP contribution in [0.15, 0.2) is 170 Å². The molecule has 2 aromatic heterocycles. The van der Waals surface area contributed by atoms with Crippen molar-refractivity contribution in [1.29, 1.82) is 0 Å². The zero-order chi connectivity index (χ0) is 35.5. The molecule has 1 aliphatic carbocycles. The lowest BCUT2D eigenvalue weighted by molar-refractivity contribution is 0.660. The molecule has 0 saturated carbocycles. The molecule has 0 aliphatic heterocycles. The van der Waals surface area contributed by atoms with E-state index >= 15 is 0 Å². The second-order valence-corrected chi connectivity index (χ2v) is 14.3. The SMILES string of the molecule is CC1(C)c2ccccc2-c2c(-c3nc(-c4ccc5ccccc5c4)nc(-c4ccc5c(-c6ccccc6)ccc(-c6ccccc6)c5n4)n3)cccc21. The number of rotatable bonds is 5. The summed E-state index contributed by atoms with van der Waals surface area (Å²) in [5.74, 6) is 1.78. The van der Waals surface area contributed by atoms with E-state index in [1.807, 2.05) is 12.1 Å². The van der Waals surface area contributed by atoms with E-state index in [1.54, 1.807) is 0 Å². The molecule has 0 bridgehead atoms. The van der Waals surface area contributed by atoms with Crippen LogP contribution in [0.3, 0.4) is 0 Å². The number of aromatic nitrogens is 4. The lowest BCUT2D eigenvalue weighted by atomic mass is 9.82. The molecule has 0 spiro atoms. The van der Waals surface area contributed by atoms with Gasteiger partial charge >= 0.3 is 0 Å². The van der Waals surface area contributed by atoms with E-state index in [1.165, 1.54) is 27.6 Å². The predicted molar refractivity (Wildman–Crippen MR) is 217 cm³/mol. The van der Waals surface area contributed by atoms with Crippen LogP contribution in [-0.2, 0) is 5.41 Å². The van der Waals surface area contributed by atoms with Gasteiger partial charge in [0.25, 0.3) is 0 Å². The quantitative estimate of drug-likeness (QED) is 0.182. The van der Waals surface area contributed by atoms with Gasteiger partial charge in [-0.25, -0.2) is 19.9 Å². The molecule has 0 atom stereocenters. The second kappa shape index (κ2) is 12.2. The Hall–Kier alpha value is -6.78. The number of benzene rings is 7. The molecule has 4 nitrogen and oxygen atoms in total. The molecule has 7 aromatic carbocycles. The van der Waals surface area contributed by atoms with Gasteiger partial charge in [0.05, 0.1) is 5.52 Å². The van der Waals surface area contributed by atoms with Crippen molar-refractivity contribution in [3.8, 4) is 67.7 Å². The first-order chi connectivity index (χ1) is 26.0. The zero-order valence-electron chi connectivity index (χ0n) is 29.5. The normalized spacial score (nSPS) is 12.9. The third-order valence-electron chi connectivity index (χ3n) is 10.7. The van der Waals surface area contributed by atoms with Gasteiger partial charge in [0, 0.05) is 27.5 Å². The Morgan fingerprint density at radius 3 is 1.81 bits per heavy atom. The Morgan fingerprint density at radius 1 is 0.377 bits per heavy atom. The highest BCUT2D eigenvalue weighted by atomic mass is 15.0. The molecule has 1 aliphatic rings. The van der Waals surface area contributed by atoms with E-state index in [0.29, 0.717) is 23.2 Å². The zero-order valence-corrected chi connectivity index (χ0v) is 29.5. The first-order valence-electron chi connectivity index (χ1n) is 18.1. The van der Waals surface area contributed by atoms with Crippen LogP contribution in [0.1, 0.15) is 25.0 Å². The predicted octanol–water partition coefficient (Wildman–Crippen LogP) is 12.2. The fourth-order valence-corrected chi connectivity index (χ4v) is 8.07. The van der Waals surface area contributed by atoms with Gasteiger partial charge in [0.1, 0.15) is 5.69 Å². The van der Waals surface area contributed by atoms with Gasteiger partial charge in [0.15, 0.2) is 17.5 Å². The van der Waals surface area contributed by atoms with Crippen molar-refractivity contribution >= 4 is 21.7 Å². The van der Waals surface area contributed by atoms with Gasteiger partial charge in [-0.15, -0.1) is 0 Å². The molecule has 0 unspecified atom stereocenters. The molecular weight excluding hydrogens is 645 g/mol. The van der Waals surface area contributed by atoms with Crippen LogP contribution in [0.25, 0.3) is 89.4 Å². The Balaban J connectivity index is 1.23. The lowest BCUT2D eigenvalue weighted by Gasteiger charge is -2.21. The topological polar surface area (TPSA) is 51.6 Å². The first kappa shape index (κ1) is 31.0. The molecule has 10 rings (SSSR count). The van der Waals surface area contributed by atoms with Gasteiger partial charge in [-0.1, -0.05) is 166 Å². The van der Waals surface area contributed by atoms with Crippen molar-refractivity contribution in [2.24, 2.45) is 0 Å². The van der Waals surface area contributed by atoms with E-state index in [9.17, 15) is 0 Å². The third-order valence-corrected chi connectivity index (χ3v) is 10.7. The Kier molecular flexibility index (Phi) is 7.12. The highest BCUT2D eigenvalue weighted by molar-refractivity contribution is 6.03. The molecule has 0 fully saturated rings. The third kappa shape index (κ3) is 5.14. The smallest absolute Gasteiger partial charge is 0.182 e. The summed E-state index contributed by atoms with van der Waals surface area (Å²) in [6.45, 7) is 4.60. The summed E-state index contributed by atoms with van der Waals surface area (Å²) in [4.78, 5) is 21.1. The first-order valence-corrected chi connectivity index (χ1v) is 18.1. The molecule has 9 aromatic rings. The van der Waals surface area contributed by atoms with Gasteiger partial charge in [-0.05, 0) is 67.9 Å². The van der Waals surface area contributed by atoms with Crippen LogP contribution in [0.5, 0.6) is 0 Å². The summed E-state index contributed by atoms with van der Waals surface area (Å²) in [5.41, 5.74) is 12.8. The average Bonchev–Trinajstić information content (AvgIpc) is 3.46. The Labute approximate surface area is 308 Å². The summed E-state index contributed by atoms with van der Waals surface area (Å²) in [6.07, 6.45) is 0. The number of nitrogens with zero attached hydrogens (tertiary/aromatic N) is 4. The van der Waals surface area contributed by atoms with Crippen LogP contribution < -0.4 is 0 Å². The maximum absolute atomic E-state index is 5.41. The standard InChI is InChI=1S/C49H34N4/c1-49(2)41-22-12-11-20-39(41)44-40(21-13-23-42(44)49)47-51-46(35-25-24-31-14-9-10-19-34(31)30-35)52-48(53-47)43-29-28-38-36(32-15-5-3-6-16-32)26-27-37(45(38)50-43)33-17-7-4-8-18-33/h3-30H,1-2H3. The molecular formula is C49H34N4. The van der Waals surface area contributed by atoms with Crippen LogP contribution in [0, 0.1) is 0 Å². The van der Waals surface area contributed by atoms with Crippen LogP contribution >= 0.6 is 0 Å². The van der Waals surface area contributed by atoms with Gasteiger partial charge < -0.3 is 0 Å². The Bertz CT molecular complexity index is 2860. The monoisotopic (exact) mass is 678 g/mol. The van der Waals surface area contributed by atoms with Crippen molar-refractivity contribution in [2.45, 2.75) is 19.3 Å². The van der Waals surface area contributed by atoms with Gasteiger partial charge in [-0.3, -0.25) is 0 Å². The Morgan fingerprint density at radius 2 is 1.00 bits per heavy atom. The highest BCUT2D eigenvalue weighted by Gasteiger charge is 2.37. The average molecular weight is 679 g/mol. The fraction of sp³-hybridized carbons (Fsp3) is 0.0612. The van der Waals surface area contributed by atoms with E-state index in [0.717, 1.165) is 49.7 Å². The van der Waals surface area contributed by atoms with E-state index in [2.05, 4.69) is 172 Å². The molecule has 0 N–H and O–H groups in total. The van der Waals surface area contributed by atoms with Gasteiger partial charge in [-0.2, -0.15) is 0 Å². The van der Waals surface area contributed by atoms with Crippen LogP contribution in [-0.4, -0.2) is 19.9 Å². The van der Waals surface area contributed by atoms with Crippen molar-refractivity contribution in [1.82, 2.24) is 19.9 Å². The minimum atomic E-state index is -0.150. The van der Waals surface area contributed by atoms with Crippen molar-refractivity contribution < 1.29 is 0 Å². The summed E-state index contributed by atoms with van der Waals surface area (Å²) in [5, 5.41) is 3.38. The second-order valence-electron chi connectivity index (χ2n) is 14.3. The molecule has 2 heterocycles. The maximum Gasteiger partial charge on any atom is 0.182 e.